The molecule has 2 fully saturated rings. The molecule has 118 valence electrons. The van der Waals surface area contributed by atoms with E-state index in [4.69, 9.17) is 11.6 Å². The van der Waals surface area contributed by atoms with E-state index in [1.54, 1.807) is 21.8 Å². The molecule has 0 radical (unpaired) electrons. The quantitative estimate of drug-likeness (QED) is 0.848. The highest BCUT2D eigenvalue weighted by Gasteiger charge is 2.61. The Labute approximate surface area is 138 Å². The minimum atomic E-state index is -0.922. The van der Waals surface area contributed by atoms with Crippen LogP contribution in [0.4, 0.5) is 5.82 Å². The lowest BCUT2D eigenvalue weighted by Gasteiger charge is -2.23. The van der Waals surface area contributed by atoms with Crippen molar-refractivity contribution in [1.82, 2.24) is 14.6 Å². The molecule has 0 N–H and O–H groups in total. The molecule has 1 saturated heterocycles. The van der Waals surface area contributed by atoms with Crippen molar-refractivity contribution in [2.75, 3.05) is 11.4 Å². The Bertz CT molecular complexity index is 865. The Morgan fingerprint density at radius 3 is 2.87 bits per heavy atom. The highest BCUT2D eigenvalue weighted by atomic mass is 35.5. The van der Waals surface area contributed by atoms with E-state index in [1.165, 1.54) is 0 Å². The normalized spacial score (nSPS) is 27.7. The number of nitrogens with zero attached hydrogens (tertiary/aromatic N) is 5. The van der Waals surface area contributed by atoms with Crippen LogP contribution in [0.15, 0.2) is 12.4 Å². The smallest absolute Gasteiger partial charge is 0.249 e. The van der Waals surface area contributed by atoms with Crippen LogP contribution in [-0.2, 0) is 4.79 Å². The van der Waals surface area contributed by atoms with E-state index in [0.717, 1.165) is 23.9 Å². The number of rotatable bonds is 2. The molecule has 7 heteroatoms. The number of hydrogen-bond acceptors (Lipinski definition) is 4. The first-order valence-corrected chi connectivity index (χ1v) is 8.10. The van der Waals surface area contributed by atoms with Crippen molar-refractivity contribution < 1.29 is 4.79 Å². The third-order valence-corrected chi connectivity index (χ3v) is 5.31. The molecule has 23 heavy (non-hydrogen) atoms. The van der Waals surface area contributed by atoms with Gasteiger partial charge in [-0.1, -0.05) is 18.5 Å². The van der Waals surface area contributed by atoms with Crippen molar-refractivity contribution in [3.8, 4) is 6.07 Å². The van der Waals surface area contributed by atoms with Gasteiger partial charge in [0.05, 0.1) is 18.5 Å². The van der Waals surface area contributed by atoms with E-state index in [1.807, 2.05) is 13.8 Å². The summed E-state index contributed by atoms with van der Waals surface area (Å²) in [6, 6.07) is 2.34. The van der Waals surface area contributed by atoms with Gasteiger partial charge in [0, 0.05) is 12.5 Å². The zero-order chi connectivity index (χ0) is 16.4. The van der Waals surface area contributed by atoms with Crippen LogP contribution >= 0.6 is 11.6 Å². The molecule has 0 spiro atoms. The molecule has 1 aliphatic carbocycles. The van der Waals surface area contributed by atoms with Gasteiger partial charge in [0.15, 0.2) is 5.82 Å². The van der Waals surface area contributed by atoms with Gasteiger partial charge in [-0.25, -0.2) is 9.50 Å². The van der Waals surface area contributed by atoms with Crippen LogP contribution in [0.2, 0.25) is 5.15 Å². The highest BCUT2D eigenvalue weighted by molar-refractivity contribution is 6.29. The largest absolute Gasteiger partial charge is 0.293 e. The molecule has 0 bridgehead atoms. The van der Waals surface area contributed by atoms with E-state index < -0.39 is 5.41 Å². The predicted octanol–water partition coefficient (Wildman–Crippen LogP) is 2.59. The second kappa shape index (κ2) is 4.68. The molecule has 6 nitrogen and oxygen atoms in total. The number of anilines is 1. The maximum absolute atomic E-state index is 13.1. The average molecular weight is 330 g/mol. The van der Waals surface area contributed by atoms with Gasteiger partial charge in [-0.3, -0.25) is 9.69 Å². The van der Waals surface area contributed by atoms with E-state index in [2.05, 4.69) is 16.2 Å². The first kappa shape index (κ1) is 14.5. The third-order valence-electron chi connectivity index (χ3n) is 5.13. The van der Waals surface area contributed by atoms with Crippen molar-refractivity contribution in [2.45, 2.75) is 26.7 Å². The maximum Gasteiger partial charge on any atom is 0.249 e. The summed E-state index contributed by atoms with van der Waals surface area (Å²) in [5.74, 6) is 0.493. The van der Waals surface area contributed by atoms with Crippen LogP contribution in [0.5, 0.6) is 0 Å². The number of nitriles is 1. The van der Waals surface area contributed by atoms with Gasteiger partial charge in [0.25, 0.3) is 0 Å². The standard InChI is InChI=1S/C16H16ClN5O/c1-9-5-19-22-7-12(17)20-14(13(9)22)21-6-10(2)16(8-18,15(21)23)11-3-4-11/h5,7,10-11H,3-4,6H2,1-2H3/t10-,16+/m1/s1. The Kier molecular flexibility index (Phi) is 2.94. The molecule has 2 aliphatic rings. The van der Waals surface area contributed by atoms with Crippen LogP contribution in [-0.4, -0.2) is 27.0 Å². The Balaban J connectivity index is 1.88. The van der Waals surface area contributed by atoms with Crippen LogP contribution in [0, 0.1) is 35.5 Å². The summed E-state index contributed by atoms with van der Waals surface area (Å²) in [6.45, 7) is 4.38. The number of amides is 1. The molecule has 3 heterocycles. The molecule has 0 aromatic carbocycles. The second-order valence-electron chi connectivity index (χ2n) is 6.58. The minimum Gasteiger partial charge on any atom is -0.293 e. The summed E-state index contributed by atoms with van der Waals surface area (Å²) < 4.78 is 1.64. The predicted molar refractivity (Wildman–Crippen MR) is 85.0 cm³/mol. The van der Waals surface area contributed by atoms with Crippen molar-refractivity contribution in [1.29, 1.82) is 5.26 Å². The fraction of sp³-hybridized carbons (Fsp3) is 0.500. The van der Waals surface area contributed by atoms with Gasteiger partial charge in [0.1, 0.15) is 16.1 Å². The lowest BCUT2D eigenvalue weighted by molar-refractivity contribution is -0.124. The molecule has 0 unspecified atom stereocenters. The average Bonchev–Trinajstić information content (AvgIpc) is 3.25. The molecule has 2 atom stereocenters. The topological polar surface area (TPSA) is 74.3 Å². The van der Waals surface area contributed by atoms with Gasteiger partial charge < -0.3 is 0 Å². The molecule has 1 saturated carbocycles. The van der Waals surface area contributed by atoms with Crippen LogP contribution < -0.4 is 4.90 Å². The van der Waals surface area contributed by atoms with E-state index >= 15 is 0 Å². The molecule has 1 amide bonds. The molecular weight excluding hydrogens is 314 g/mol. The molecule has 2 aromatic rings. The Hall–Kier alpha value is -2.13. The van der Waals surface area contributed by atoms with Crippen LogP contribution in [0.1, 0.15) is 25.3 Å². The van der Waals surface area contributed by atoms with Crippen molar-refractivity contribution >= 4 is 28.8 Å². The van der Waals surface area contributed by atoms with Crippen LogP contribution in [0.25, 0.3) is 5.52 Å². The first-order valence-electron chi connectivity index (χ1n) is 7.72. The summed E-state index contributed by atoms with van der Waals surface area (Å²) >= 11 is 6.10. The number of carbonyl (C=O) groups is 1. The number of carbonyl (C=O) groups excluding carboxylic acids is 1. The van der Waals surface area contributed by atoms with Gasteiger partial charge in [-0.15, -0.1) is 0 Å². The summed E-state index contributed by atoms with van der Waals surface area (Å²) in [7, 11) is 0. The monoisotopic (exact) mass is 329 g/mol. The fourth-order valence-corrected chi connectivity index (χ4v) is 3.95. The zero-order valence-corrected chi connectivity index (χ0v) is 13.7. The van der Waals surface area contributed by atoms with Crippen molar-refractivity contribution in [3.05, 3.63) is 23.1 Å². The van der Waals surface area contributed by atoms with Crippen molar-refractivity contribution in [2.24, 2.45) is 17.3 Å². The first-order chi connectivity index (χ1) is 11.0. The third kappa shape index (κ3) is 1.83. The maximum atomic E-state index is 13.1. The number of halogens is 1. The number of aryl methyl sites for hydroxylation is 1. The van der Waals surface area contributed by atoms with Crippen molar-refractivity contribution in [3.63, 3.8) is 0 Å². The molecule has 1 aliphatic heterocycles. The van der Waals surface area contributed by atoms with E-state index in [0.29, 0.717) is 12.4 Å². The molecule has 4 rings (SSSR count). The fourth-order valence-electron chi connectivity index (χ4n) is 3.78. The Morgan fingerprint density at radius 2 is 2.22 bits per heavy atom. The van der Waals surface area contributed by atoms with E-state index in [-0.39, 0.29) is 22.9 Å². The van der Waals surface area contributed by atoms with Crippen LogP contribution in [0.3, 0.4) is 0 Å². The molecule has 2 aromatic heterocycles. The summed E-state index contributed by atoms with van der Waals surface area (Å²) in [5, 5.41) is 14.3. The van der Waals surface area contributed by atoms with Gasteiger partial charge in [-0.05, 0) is 31.2 Å². The van der Waals surface area contributed by atoms with Gasteiger partial charge >= 0.3 is 0 Å². The lowest BCUT2D eigenvalue weighted by Crippen LogP contribution is -2.37. The summed E-state index contributed by atoms with van der Waals surface area (Å²) in [5.41, 5.74) is 0.763. The molecular formula is C16H16ClN5O. The number of fused-ring (bicyclic) bond motifs is 1. The Morgan fingerprint density at radius 1 is 1.48 bits per heavy atom. The second-order valence-corrected chi connectivity index (χ2v) is 6.97. The SMILES string of the molecule is Cc1cnn2cc(Cl)nc(N3C[C@@H](C)[C@@](C#N)(C4CC4)C3=O)c12. The lowest BCUT2D eigenvalue weighted by atomic mass is 9.75. The summed E-state index contributed by atoms with van der Waals surface area (Å²) in [6.07, 6.45) is 5.23. The number of aromatic nitrogens is 3. The van der Waals surface area contributed by atoms with E-state index in [9.17, 15) is 10.1 Å². The highest BCUT2D eigenvalue weighted by Crippen LogP contribution is 2.54. The van der Waals surface area contributed by atoms with Gasteiger partial charge in [0.2, 0.25) is 5.91 Å². The zero-order valence-electron chi connectivity index (χ0n) is 13.0. The summed E-state index contributed by atoms with van der Waals surface area (Å²) in [4.78, 5) is 19.1. The number of hydrogen-bond donors (Lipinski definition) is 0. The van der Waals surface area contributed by atoms with Gasteiger partial charge in [-0.2, -0.15) is 10.4 Å². The minimum absolute atomic E-state index is 0.0310.